The molecule has 0 N–H and O–H groups in total. The summed E-state index contributed by atoms with van der Waals surface area (Å²) in [6.07, 6.45) is 2.15. The van der Waals surface area contributed by atoms with E-state index >= 15 is 0 Å². The van der Waals surface area contributed by atoms with E-state index in [-0.39, 0.29) is 30.4 Å². The van der Waals surface area contributed by atoms with Gasteiger partial charge in [-0.05, 0) is 31.2 Å². The molecule has 0 fully saturated rings. The van der Waals surface area contributed by atoms with Crippen LogP contribution < -0.4 is 14.6 Å². The molecule has 144 valence electrons. The lowest BCUT2D eigenvalue weighted by Crippen LogP contribution is -2.37. The minimum atomic E-state index is -1.03. The number of nitrogens with zero attached hydrogens (tertiary/aromatic N) is 2. The number of hydrogen-bond acceptors (Lipinski definition) is 4. The number of thioether (sulfide) groups is 1. The molecule has 0 saturated carbocycles. The molecule has 2 aromatic carbocycles. The summed E-state index contributed by atoms with van der Waals surface area (Å²) >= 11 is 1.68. The molecular weight excluding hydrogens is 483 g/mol. The molecule has 0 atom stereocenters. The maximum atomic E-state index is 11.0. The first-order valence-electron chi connectivity index (χ1n) is 9.05. The van der Waals surface area contributed by atoms with Crippen molar-refractivity contribution in [3.8, 4) is 0 Å². The van der Waals surface area contributed by atoms with Gasteiger partial charge in [0.25, 0.3) is 0 Å². The Morgan fingerprint density at radius 2 is 1.86 bits per heavy atom. The molecule has 0 bridgehead atoms. The zero-order valence-corrected chi connectivity index (χ0v) is 18.6. The van der Waals surface area contributed by atoms with Crippen LogP contribution in [0.2, 0.25) is 0 Å². The van der Waals surface area contributed by atoms with Gasteiger partial charge in [0, 0.05) is 47.4 Å². The average molecular weight is 504 g/mol. The van der Waals surface area contributed by atoms with Crippen LogP contribution in [0.4, 0.5) is 5.69 Å². The molecule has 1 aliphatic rings. The van der Waals surface area contributed by atoms with Crippen molar-refractivity contribution in [2.24, 2.45) is 0 Å². The lowest BCUT2D eigenvalue weighted by atomic mass is 10.2. The number of carbonyl (C=O) groups excluding carboxylic acids is 1. The Morgan fingerprint density at radius 3 is 2.64 bits per heavy atom. The first-order valence-corrected chi connectivity index (χ1v) is 9.86. The van der Waals surface area contributed by atoms with Crippen LogP contribution in [0.15, 0.2) is 70.6 Å². The number of aromatic nitrogens is 1. The van der Waals surface area contributed by atoms with Crippen LogP contribution in [0.5, 0.6) is 0 Å². The van der Waals surface area contributed by atoms with Crippen molar-refractivity contribution < 1.29 is 14.5 Å². The second-order valence-electron chi connectivity index (χ2n) is 6.39. The van der Waals surface area contributed by atoms with Crippen LogP contribution in [0.25, 0.3) is 17.0 Å². The fourth-order valence-electron chi connectivity index (χ4n) is 3.48. The molecule has 28 heavy (non-hydrogen) atoms. The van der Waals surface area contributed by atoms with Gasteiger partial charge in [0.05, 0.1) is 10.7 Å². The van der Waals surface area contributed by atoms with Crippen LogP contribution >= 0.6 is 35.7 Å². The van der Waals surface area contributed by atoms with Crippen molar-refractivity contribution in [1.82, 2.24) is 0 Å². The van der Waals surface area contributed by atoms with Crippen molar-refractivity contribution in [1.29, 1.82) is 0 Å². The smallest absolute Gasteiger partial charge is 0.212 e. The molecule has 3 aromatic rings. The summed E-state index contributed by atoms with van der Waals surface area (Å²) in [5.74, 6) is -1.03. The van der Waals surface area contributed by atoms with E-state index in [0.29, 0.717) is 6.54 Å². The van der Waals surface area contributed by atoms with Gasteiger partial charge in [-0.1, -0.05) is 36.0 Å². The van der Waals surface area contributed by atoms with Crippen LogP contribution in [-0.4, -0.2) is 12.5 Å². The van der Waals surface area contributed by atoms with Gasteiger partial charge >= 0.3 is 0 Å². The Balaban J connectivity index is 0.00000225. The number of hydrogen-bond donors (Lipinski definition) is 0. The minimum absolute atomic E-state index is 0. The highest BCUT2D eigenvalue weighted by Gasteiger charge is 2.26. The fraction of sp³-hybridized carbons (Fsp3) is 0.182. The monoisotopic (exact) mass is 504 g/mol. The fourth-order valence-corrected chi connectivity index (χ4v) is 4.61. The molecule has 1 aromatic heterocycles. The zero-order chi connectivity index (χ0) is 18.8. The van der Waals surface area contributed by atoms with Crippen LogP contribution in [0, 0.1) is 0 Å². The number of rotatable bonds is 5. The number of anilines is 1. The van der Waals surface area contributed by atoms with Gasteiger partial charge in [-0.3, -0.25) is 0 Å². The van der Waals surface area contributed by atoms with Gasteiger partial charge in [-0.25, -0.2) is 0 Å². The molecule has 0 spiro atoms. The number of carboxylic acids is 1. The lowest BCUT2D eigenvalue weighted by Gasteiger charge is -2.20. The second-order valence-corrected chi connectivity index (χ2v) is 7.45. The molecular formula is C22H21IN2O2S. The van der Waals surface area contributed by atoms with E-state index in [0.717, 1.165) is 27.9 Å². The highest BCUT2D eigenvalue weighted by atomic mass is 127. The van der Waals surface area contributed by atoms with Crippen LogP contribution in [0.1, 0.15) is 19.0 Å². The molecule has 4 nitrogen and oxygen atoms in total. The van der Waals surface area contributed by atoms with Crippen molar-refractivity contribution >= 4 is 64.4 Å². The molecule has 0 unspecified atom stereocenters. The quantitative estimate of drug-likeness (QED) is 0.392. The predicted octanol–water partition coefficient (Wildman–Crippen LogP) is 3.82. The normalized spacial score (nSPS) is 14.2. The number of aliphatic carboxylic acids is 1. The Kier molecular flexibility index (Phi) is 6.61. The van der Waals surface area contributed by atoms with Crippen molar-refractivity contribution in [2.45, 2.75) is 24.8 Å². The summed E-state index contributed by atoms with van der Waals surface area (Å²) in [5, 5.41) is 13.3. The maximum absolute atomic E-state index is 11.0. The number of carboxylic acid groups (broad SMARTS) is 1. The molecule has 1 aliphatic heterocycles. The number of halogens is 1. The SMILES string of the molecule is CC[n+]1c(/C=C2\Sc3ccccc3N2CCC(=O)[O-])ccc2ccccc21.I. The highest BCUT2D eigenvalue weighted by molar-refractivity contribution is 14.0. The van der Waals surface area contributed by atoms with E-state index in [9.17, 15) is 9.90 Å². The van der Waals surface area contributed by atoms with Gasteiger partial charge in [0.2, 0.25) is 11.2 Å². The Morgan fingerprint density at radius 1 is 1.11 bits per heavy atom. The summed E-state index contributed by atoms with van der Waals surface area (Å²) in [4.78, 5) is 14.2. The summed E-state index contributed by atoms with van der Waals surface area (Å²) < 4.78 is 2.28. The largest absolute Gasteiger partial charge is 0.550 e. The van der Waals surface area contributed by atoms with Crippen LogP contribution in [-0.2, 0) is 11.3 Å². The summed E-state index contributed by atoms with van der Waals surface area (Å²) in [7, 11) is 0. The van der Waals surface area contributed by atoms with E-state index < -0.39 is 5.97 Å². The number of fused-ring (bicyclic) bond motifs is 2. The molecule has 6 heteroatoms. The molecule has 0 aliphatic carbocycles. The topological polar surface area (TPSA) is 47.2 Å². The number of para-hydroxylation sites is 2. The molecule has 0 saturated heterocycles. The minimum Gasteiger partial charge on any atom is -0.550 e. The Labute approximate surface area is 185 Å². The Hall–Kier alpha value is -2.06. The first kappa shape index (κ1) is 20.7. The predicted molar refractivity (Wildman–Crippen MR) is 122 cm³/mol. The van der Waals surface area contributed by atoms with E-state index in [2.05, 4.69) is 58.9 Å². The number of pyridine rings is 1. The third kappa shape index (κ3) is 4.03. The van der Waals surface area contributed by atoms with E-state index in [1.807, 2.05) is 24.3 Å². The zero-order valence-electron chi connectivity index (χ0n) is 15.5. The van der Waals surface area contributed by atoms with Crippen LogP contribution in [0.3, 0.4) is 0 Å². The first-order chi connectivity index (χ1) is 13.2. The van der Waals surface area contributed by atoms with Gasteiger partial charge in [0.15, 0.2) is 0 Å². The Bertz CT molecular complexity index is 1050. The van der Waals surface area contributed by atoms with E-state index in [1.54, 1.807) is 11.8 Å². The third-order valence-electron chi connectivity index (χ3n) is 4.74. The van der Waals surface area contributed by atoms with Gasteiger partial charge in [-0.15, -0.1) is 24.0 Å². The summed E-state index contributed by atoms with van der Waals surface area (Å²) in [5.41, 5.74) is 3.35. The summed E-state index contributed by atoms with van der Waals surface area (Å²) in [6, 6.07) is 20.7. The summed E-state index contributed by atoms with van der Waals surface area (Å²) in [6.45, 7) is 3.40. The van der Waals surface area contributed by atoms with Gasteiger partial charge in [0.1, 0.15) is 6.54 Å². The van der Waals surface area contributed by atoms with E-state index in [1.165, 1.54) is 10.9 Å². The van der Waals surface area contributed by atoms with Gasteiger partial charge < -0.3 is 14.8 Å². The standard InChI is InChI=1S/C22H20N2O2S.HI/c1-2-23-17(12-11-16-7-3-4-8-18(16)23)15-21-24(14-13-22(25)26)19-9-5-6-10-20(19)27-21;/h3-12,15H,2,13-14H2,1H3;1H. The molecule has 0 radical (unpaired) electrons. The van der Waals surface area contributed by atoms with E-state index in [4.69, 9.17) is 0 Å². The highest BCUT2D eigenvalue weighted by Crippen LogP contribution is 2.46. The average Bonchev–Trinajstić information content (AvgIpc) is 3.03. The number of aryl methyl sites for hydroxylation is 1. The second kappa shape index (κ2) is 8.96. The number of benzene rings is 2. The third-order valence-corrected chi connectivity index (χ3v) is 5.85. The van der Waals surface area contributed by atoms with Crippen molar-refractivity contribution in [2.75, 3.05) is 11.4 Å². The van der Waals surface area contributed by atoms with Crippen molar-refractivity contribution in [3.05, 3.63) is 71.4 Å². The van der Waals surface area contributed by atoms with Crippen molar-refractivity contribution in [3.63, 3.8) is 0 Å². The molecule has 2 heterocycles. The molecule has 0 amide bonds. The number of carbonyl (C=O) groups is 1. The molecule has 4 rings (SSSR count). The maximum Gasteiger partial charge on any atom is 0.212 e. The lowest BCUT2D eigenvalue weighted by molar-refractivity contribution is -0.669. The van der Waals surface area contributed by atoms with Gasteiger partial charge in [-0.2, -0.15) is 4.57 Å².